The molecule has 5 aromatic heterocycles. The fraction of sp³-hybridized carbons (Fsp3) is 0.147. The molecule has 0 saturated heterocycles. The number of amides is 2. The van der Waals surface area contributed by atoms with Crippen molar-refractivity contribution in [1.29, 1.82) is 0 Å². The molecule has 24 nitrogen and oxygen atoms in total. The average Bonchev–Trinajstić information content (AvgIpc) is 1.64. The summed E-state index contributed by atoms with van der Waals surface area (Å²) in [5, 5.41) is 5.88. The molecule has 15 heterocycles. The number of nitrogens with one attached hydrogen (secondary N) is 2. The third kappa shape index (κ3) is 17.3. The van der Waals surface area contributed by atoms with Crippen LogP contribution in [0.15, 0.2) is 319 Å². The Labute approximate surface area is 724 Å². The number of rotatable bonds is 14. The molecule has 0 radical (unpaired) electrons. The van der Waals surface area contributed by atoms with Gasteiger partial charge in [-0.25, -0.2) is 29.6 Å². The van der Waals surface area contributed by atoms with Gasteiger partial charge in [0.25, 0.3) is 11.8 Å². The van der Waals surface area contributed by atoms with Crippen LogP contribution in [-0.2, 0) is 123 Å². The predicted octanol–water partition coefficient (Wildman–Crippen LogP) is 15.2. The molecule has 0 spiro atoms. The number of hydrogen-bond donors (Lipinski definition) is 2. The highest BCUT2D eigenvalue weighted by Gasteiger charge is 2.33. The van der Waals surface area contributed by atoms with E-state index in [0.717, 1.165) is 152 Å². The first kappa shape index (κ1) is 79.7. The van der Waals surface area contributed by atoms with Crippen LogP contribution in [0.4, 0.5) is 28.4 Å². The minimum Gasteiger partial charge on any atom is -0.465 e. The lowest BCUT2D eigenvalue weighted by Crippen LogP contribution is -2.30. The number of carbonyl (C=O) groups is 5. The number of benzene rings is 8. The number of pyridine rings is 5. The smallest absolute Gasteiger partial charge is 0.353 e. The van der Waals surface area contributed by atoms with E-state index in [2.05, 4.69) is 124 Å². The molecule has 0 fully saturated rings. The van der Waals surface area contributed by atoms with Gasteiger partial charge in [0.05, 0.1) is 104 Å². The van der Waals surface area contributed by atoms with Crippen LogP contribution < -0.4 is 10.6 Å². The van der Waals surface area contributed by atoms with E-state index in [9.17, 15) is 24.0 Å². The van der Waals surface area contributed by atoms with E-state index in [4.69, 9.17) is 19.2 Å². The molecule has 0 saturated carbocycles. The van der Waals surface area contributed by atoms with Crippen LogP contribution >= 0.6 is 0 Å². The van der Waals surface area contributed by atoms with Crippen molar-refractivity contribution in [3.63, 3.8) is 0 Å². The summed E-state index contributed by atoms with van der Waals surface area (Å²) in [4.78, 5) is 123. The zero-order chi connectivity index (χ0) is 85.4. The van der Waals surface area contributed by atoms with Crippen molar-refractivity contribution in [3.8, 4) is 0 Å². The second-order valence-corrected chi connectivity index (χ2v) is 31.0. The molecule has 24 heteroatoms. The molecule has 8 aromatic carbocycles. The number of esters is 3. The molecular weight excluding hydrogens is 1580 g/mol. The average molecular weight is 1660 g/mol. The van der Waals surface area contributed by atoms with Gasteiger partial charge in [0.2, 0.25) is 0 Å². The maximum Gasteiger partial charge on any atom is 0.353 e. The summed E-state index contributed by atoms with van der Waals surface area (Å²) in [6, 6.07) is 69.6. The highest BCUT2D eigenvalue weighted by molar-refractivity contribution is 6.45. The number of hydrogen-bond acceptors (Lipinski definition) is 22. The lowest BCUT2D eigenvalue weighted by atomic mass is 9.93. The minimum absolute atomic E-state index is 0.108. The monoisotopic (exact) mass is 1650 g/mol. The van der Waals surface area contributed by atoms with Gasteiger partial charge in [0.1, 0.15) is 29.5 Å². The van der Waals surface area contributed by atoms with Crippen LogP contribution in [0.1, 0.15) is 128 Å². The maximum atomic E-state index is 12.6. The van der Waals surface area contributed by atoms with Gasteiger partial charge in [0.15, 0.2) is 0 Å². The van der Waals surface area contributed by atoms with Crippen LogP contribution in [0.3, 0.4) is 0 Å². The molecule has 2 amide bonds. The Kier molecular flexibility index (Phi) is 22.7. The molecule has 614 valence electrons. The Morgan fingerprint density at radius 1 is 0.341 bits per heavy atom. The van der Waals surface area contributed by atoms with Gasteiger partial charge in [0, 0.05) is 162 Å². The summed E-state index contributed by atoms with van der Waals surface area (Å²) in [7, 11) is 1.38. The van der Waals surface area contributed by atoms with Crippen molar-refractivity contribution in [2.75, 3.05) is 19.0 Å². The normalized spacial score (nSPS) is 14.7. The van der Waals surface area contributed by atoms with Gasteiger partial charge in [-0.3, -0.25) is 64.3 Å². The summed E-state index contributed by atoms with van der Waals surface area (Å²) in [5.74, 6) is -1.12. The van der Waals surface area contributed by atoms with Gasteiger partial charge in [-0.05, 0) is 175 Å². The van der Waals surface area contributed by atoms with Gasteiger partial charge < -0.3 is 24.8 Å². The van der Waals surface area contributed by atoms with E-state index < -0.39 is 0 Å². The van der Waals surface area contributed by atoms with E-state index in [-0.39, 0.29) is 36.3 Å². The summed E-state index contributed by atoms with van der Waals surface area (Å²) >= 11 is 0. The molecule has 126 heavy (non-hydrogen) atoms. The van der Waals surface area contributed by atoms with Crippen LogP contribution in [0.2, 0.25) is 0 Å². The third-order valence-electron chi connectivity index (χ3n) is 22.9. The second-order valence-electron chi connectivity index (χ2n) is 31.0. The van der Waals surface area contributed by atoms with E-state index in [1.807, 2.05) is 164 Å². The van der Waals surface area contributed by atoms with Crippen molar-refractivity contribution in [2.24, 2.45) is 44.9 Å². The zero-order valence-electron chi connectivity index (χ0n) is 68.4. The van der Waals surface area contributed by atoms with Crippen molar-refractivity contribution in [2.45, 2.75) is 84.4 Å². The Bertz CT molecular complexity index is 6640. The summed E-state index contributed by atoms with van der Waals surface area (Å²) in [6.07, 6.45) is 21.0. The molecule has 2 N–H and O–H groups in total. The quantitative estimate of drug-likeness (QED) is 0.0756. The molecular formula is C102H78N16O8. The topological polar surface area (TPSA) is 313 Å². The Morgan fingerprint density at radius 2 is 0.675 bits per heavy atom. The van der Waals surface area contributed by atoms with E-state index >= 15 is 0 Å². The lowest BCUT2D eigenvalue weighted by molar-refractivity contribution is -0.142. The lowest BCUT2D eigenvalue weighted by Gasteiger charge is -2.09. The standard InChI is InChI=1S/C23H18N4O.C23H17N3O2.C22H16N4O.C17H13N3O2.C17H14N2O2/c28-23(26-13-15-4-2-1-3-5-15)21-11-17-10-18-14-25-22(16-6-8-24-9-7-16)19(18)12-20(17)27-21;27-23(28-14-15-4-2-1-3-5-15)21-11-17-10-18-13-25-22(16-6-8-24-9-7-16)19(18)12-20(17)26-21;27-22(25-17-4-2-1-3-5-17)20-11-15-10-16-13-24-21(14-6-8-23-9-7-14)18(16)12-19(15)26-20;1-22-17(21)15-7-11-6-12-9-19-16(10-2-4-18-5-3-10)13(12)8-14(11)20-15;20-16-9-13-7-14-10-19-17(11-1-4-18-5-2-11)15(14)8-12(13)3-6-21-16/h1-10,12H,11,13-14H2,(H,26,28);1-10,12H,11,13-14H2;1-10,12H,11,13H2,(H,25,27);2-6,8H,7,9H2,1H3;1-2,4-5,7-8H,3,6,9-10H2. The molecule has 0 aliphatic carbocycles. The first-order chi connectivity index (χ1) is 61.9. The third-order valence-corrected chi connectivity index (χ3v) is 22.9. The molecule has 23 rings (SSSR count). The molecule has 10 aliphatic heterocycles. The number of nitrogens with zero attached hydrogens (tertiary/aromatic N) is 14. The number of anilines is 1. The largest absolute Gasteiger partial charge is 0.465 e. The number of aromatic nitrogens is 5. The van der Waals surface area contributed by atoms with Gasteiger partial charge in [-0.15, -0.1) is 0 Å². The van der Waals surface area contributed by atoms with Crippen LogP contribution in [0.25, 0.3) is 0 Å². The van der Waals surface area contributed by atoms with Crippen LogP contribution in [-0.4, -0.2) is 120 Å². The first-order valence-electron chi connectivity index (χ1n) is 41.4. The maximum absolute atomic E-state index is 12.6. The molecule has 0 atom stereocenters. The van der Waals surface area contributed by atoms with E-state index in [1.165, 1.54) is 46.1 Å². The molecule has 0 unspecified atom stereocenters. The number of cyclic esters (lactones) is 1. The zero-order valence-corrected chi connectivity index (χ0v) is 68.4. The molecule has 10 aliphatic rings. The fourth-order valence-corrected chi connectivity index (χ4v) is 16.6. The van der Waals surface area contributed by atoms with E-state index in [0.29, 0.717) is 101 Å². The van der Waals surface area contributed by atoms with Gasteiger partial charge in [-0.1, -0.05) is 109 Å². The number of carbonyl (C=O) groups excluding carboxylic acids is 5. The van der Waals surface area contributed by atoms with Crippen LogP contribution in [0.5, 0.6) is 0 Å². The number of aliphatic imine (C=N–C) groups is 9. The van der Waals surface area contributed by atoms with Crippen molar-refractivity contribution < 1.29 is 38.2 Å². The summed E-state index contributed by atoms with van der Waals surface area (Å²) < 4.78 is 15.3. The molecule has 0 bridgehead atoms. The number of para-hydroxylation sites is 1. The van der Waals surface area contributed by atoms with Crippen molar-refractivity contribution in [3.05, 3.63) is 402 Å². The summed E-state index contributed by atoms with van der Waals surface area (Å²) in [6.45, 7) is 4.53. The fourth-order valence-electron chi connectivity index (χ4n) is 16.6. The SMILES string of the molecule is COC(=O)C1=Nc2cc3c(cc2C1)CN=C3c1ccncc1.O=C(NCc1ccccc1)C1=Nc2cc3c(cc2C1)CN=C3c1ccncc1.O=C(Nc1ccccc1)C1=Nc2cc3c(cc2C1)CN=C3c1ccncc1.O=C(OCc1ccccc1)C1=Nc2cc3c(cc2C1)CN=C3c1ccncc1.O=C1Cc2cc3c(cc2CCO1)C(c1ccncc1)=NC3. The van der Waals surface area contributed by atoms with Crippen molar-refractivity contribution in [1.82, 2.24) is 30.2 Å². The van der Waals surface area contributed by atoms with Crippen molar-refractivity contribution >= 4 is 110 Å². The highest BCUT2D eigenvalue weighted by Crippen LogP contribution is 2.40. The Hall–Kier alpha value is -16.1. The first-order valence-corrected chi connectivity index (χ1v) is 41.4. The summed E-state index contributed by atoms with van der Waals surface area (Å²) in [5.41, 5.74) is 36.4. The Balaban J connectivity index is 0.000000103. The van der Waals surface area contributed by atoms with E-state index in [1.54, 1.807) is 62.0 Å². The van der Waals surface area contributed by atoms with Crippen LogP contribution in [0, 0.1) is 0 Å². The minimum atomic E-state index is -0.362. The predicted molar refractivity (Wildman–Crippen MR) is 483 cm³/mol. The van der Waals surface area contributed by atoms with Gasteiger partial charge >= 0.3 is 17.9 Å². The number of methoxy groups -OCH3 is 1. The Morgan fingerprint density at radius 3 is 1.06 bits per heavy atom. The van der Waals surface area contributed by atoms with Gasteiger partial charge in [-0.2, -0.15) is 0 Å². The molecule has 13 aromatic rings. The highest BCUT2D eigenvalue weighted by atomic mass is 16.5. The second kappa shape index (κ2) is 35.9. The number of ether oxygens (including phenoxy) is 3. The number of fused-ring (bicyclic) bond motifs is 10.